The standard InChI is InChI=1S/C10H14N2O2/c1-6(8(3)13)7(2)12-10(5-11)9(4)14/h6-7H,1-4H3. The van der Waals surface area contributed by atoms with E-state index >= 15 is 0 Å². The highest BCUT2D eigenvalue weighted by Crippen LogP contribution is 2.08. The van der Waals surface area contributed by atoms with Gasteiger partial charge in [-0.25, -0.2) is 0 Å². The molecule has 76 valence electrons. The molecule has 4 nitrogen and oxygen atoms in total. The zero-order valence-corrected chi connectivity index (χ0v) is 8.87. The SMILES string of the molecule is CC(=O)C(C#N)=NC(C)C(C)C(C)=O. The lowest BCUT2D eigenvalue weighted by Gasteiger charge is -2.12. The number of rotatable bonds is 4. The molecule has 0 aromatic heterocycles. The van der Waals surface area contributed by atoms with E-state index in [4.69, 9.17) is 5.26 Å². The maximum Gasteiger partial charge on any atom is 0.188 e. The molecular formula is C10H14N2O2. The van der Waals surface area contributed by atoms with Crippen LogP contribution >= 0.6 is 0 Å². The van der Waals surface area contributed by atoms with Crippen molar-refractivity contribution >= 4 is 17.3 Å². The molecule has 2 unspecified atom stereocenters. The smallest absolute Gasteiger partial charge is 0.188 e. The van der Waals surface area contributed by atoms with Crippen LogP contribution < -0.4 is 0 Å². The van der Waals surface area contributed by atoms with Crippen molar-refractivity contribution in [1.29, 1.82) is 5.26 Å². The van der Waals surface area contributed by atoms with Gasteiger partial charge in [0.1, 0.15) is 11.9 Å². The zero-order chi connectivity index (χ0) is 11.3. The average molecular weight is 194 g/mol. The van der Waals surface area contributed by atoms with Gasteiger partial charge >= 0.3 is 0 Å². The molecule has 4 heteroatoms. The summed E-state index contributed by atoms with van der Waals surface area (Å²) < 4.78 is 0. The summed E-state index contributed by atoms with van der Waals surface area (Å²) in [6, 6.07) is 1.39. The molecule has 0 aliphatic carbocycles. The van der Waals surface area contributed by atoms with E-state index in [1.165, 1.54) is 13.8 Å². The second kappa shape index (κ2) is 5.28. The number of aliphatic imine (C=N–C) groups is 1. The van der Waals surface area contributed by atoms with Crippen molar-refractivity contribution in [2.45, 2.75) is 33.7 Å². The summed E-state index contributed by atoms with van der Waals surface area (Å²) in [7, 11) is 0. The first-order valence-corrected chi connectivity index (χ1v) is 4.39. The van der Waals surface area contributed by atoms with Crippen LogP contribution in [0.15, 0.2) is 4.99 Å². The van der Waals surface area contributed by atoms with Crippen molar-refractivity contribution in [2.24, 2.45) is 10.9 Å². The Hall–Kier alpha value is -1.50. The van der Waals surface area contributed by atoms with Crippen LogP contribution in [0, 0.1) is 17.2 Å². The minimum absolute atomic E-state index is 0.00194. The molecule has 14 heavy (non-hydrogen) atoms. The third kappa shape index (κ3) is 3.48. The lowest BCUT2D eigenvalue weighted by Crippen LogP contribution is -2.22. The fraction of sp³-hybridized carbons (Fsp3) is 0.600. The molecule has 0 amide bonds. The highest BCUT2D eigenvalue weighted by molar-refractivity contribution is 6.45. The summed E-state index contributed by atoms with van der Waals surface area (Å²) in [6.07, 6.45) is 0. The zero-order valence-electron chi connectivity index (χ0n) is 8.87. The molecule has 0 rings (SSSR count). The van der Waals surface area contributed by atoms with Gasteiger partial charge < -0.3 is 0 Å². The second-order valence-electron chi connectivity index (χ2n) is 3.29. The van der Waals surface area contributed by atoms with Crippen LogP contribution in [0.5, 0.6) is 0 Å². The van der Waals surface area contributed by atoms with E-state index in [0.717, 1.165) is 0 Å². The Labute approximate surface area is 83.6 Å². The second-order valence-corrected chi connectivity index (χ2v) is 3.29. The van der Waals surface area contributed by atoms with Crippen LogP contribution in [0.25, 0.3) is 0 Å². The first-order chi connectivity index (χ1) is 6.40. The lowest BCUT2D eigenvalue weighted by molar-refractivity contribution is -0.120. The van der Waals surface area contributed by atoms with E-state index < -0.39 is 0 Å². The van der Waals surface area contributed by atoms with Gasteiger partial charge in [-0.15, -0.1) is 0 Å². The molecule has 0 N–H and O–H groups in total. The maximum atomic E-state index is 11.0. The number of hydrogen-bond acceptors (Lipinski definition) is 4. The van der Waals surface area contributed by atoms with Crippen molar-refractivity contribution in [3.63, 3.8) is 0 Å². The summed E-state index contributed by atoms with van der Waals surface area (Å²) in [6.45, 7) is 6.20. The van der Waals surface area contributed by atoms with Crippen LogP contribution in [0.3, 0.4) is 0 Å². The number of nitrogens with zero attached hydrogens (tertiary/aromatic N) is 2. The molecule has 0 saturated carbocycles. The van der Waals surface area contributed by atoms with E-state index in [2.05, 4.69) is 4.99 Å². The van der Waals surface area contributed by atoms with Crippen LogP contribution in [0.2, 0.25) is 0 Å². The van der Waals surface area contributed by atoms with Gasteiger partial charge in [0.2, 0.25) is 0 Å². The van der Waals surface area contributed by atoms with Gasteiger partial charge in [-0.05, 0) is 13.8 Å². The Balaban J connectivity index is 4.73. The Morgan fingerprint density at radius 3 is 2.07 bits per heavy atom. The van der Waals surface area contributed by atoms with E-state index in [1.807, 2.05) is 0 Å². The molecule has 0 heterocycles. The molecule has 0 fully saturated rings. The van der Waals surface area contributed by atoms with E-state index in [9.17, 15) is 9.59 Å². The fourth-order valence-corrected chi connectivity index (χ4v) is 0.854. The van der Waals surface area contributed by atoms with Gasteiger partial charge in [0.25, 0.3) is 0 Å². The molecule has 0 aromatic carbocycles. The van der Waals surface area contributed by atoms with E-state index in [0.29, 0.717) is 0 Å². The minimum Gasteiger partial charge on any atom is -0.300 e. The summed E-state index contributed by atoms with van der Waals surface area (Å²) in [4.78, 5) is 25.8. The molecule has 0 aliphatic rings. The van der Waals surface area contributed by atoms with Gasteiger partial charge in [0, 0.05) is 12.8 Å². The Bertz CT molecular complexity index is 313. The third-order valence-electron chi connectivity index (χ3n) is 2.14. The topological polar surface area (TPSA) is 70.3 Å². The van der Waals surface area contributed by atoms with Crippen LogP contribution in [-0.2, 0) is 9.59 Å². The normalized spacial score (nSPS) is 15.5. The monoisotopic (exact) mass is 194 g/mol. The fourth-order valence-electron chi connectivity index (χ4n) is 0.854. The van der Waals surface area contributed by atoms with Gasteiger partial charge in [-0.3, -0.25) is 14.6 Å². The van der Waals surface area contributed by atoms with Crippen molar-refractivity contribution in [2.75, 3.05) is 0 Å². The Morgan fingerprint density at radius 1 is 1.29 bits per heavy atom. The van der Waals surface area contributed by atoms with Gasteiger partial charge in [0.05, 0.1) is 6.04 Å². The minimum atomic E-state index is -0.366. The Kier molecular flexibility index (Phi) is 4.71. The van der Waals surface area contributed by atoms with Gasteiger partial charge in [0.15, 0.2) is 11.5 Å². The lowest BCUT2D eigenvalue weighted by atomic mass is 10.00. The van der Waals surface area contributed by atoms with Crippen LogP contribution in [0.1, 0.15) is 27.7 Å². The molecule has 0 spiro atoms. The maximum absolute atomic E-state index is 11.0. The highest BCUT2D eigenvalue weighted by atomic mass is 16.1. The highest BCUT2D eigenvalue weighted by Gasteiger charge is 2.17. The third-order valence-corrected chi connectivity index (χ3v) is 2.14. The quantitative estimate of drug-likeness (QED) is 0.630. The first-order valence-electron chi connectivity index (χ1n) is 4.39. The van der Waals surface area contributed by atoms with Crippen LogP contribution in [0.4, 0.5) is 0 Å². The number of hydrogen-bond donors (Lipinski definition) is 0. The van der Waals surface area contributed by atoms with Crippen molar-refractivity contribution in [1.82, 2.24) is 0 Å². The number of Topliss-reactive ketones (excluding diaryl/α,β-unsaturated/α-hetero) is 2. The van der Waals surface area contributed by atoms with Gasteiger partial charge in [-0.1, -0.05) is 6.92 Å². The van der Waals surface area contributed by atoms with Crippen molar-refractivity contribution in [3.8, 4) is 6.07 Å². The predicted molar refractivity (Wildman–Crippen MR) is 53.0 cm³/mol. The van der Waals surface area contributed by atoms with Crippen molar-refractivity contribution in [3.05, 3.63) is 0 Å². The summed E-state index contributed by atoms with van der Waals surface area (Å²) in [5.41, 5.74) is -0.120. The molecular weight excluding hydrogens is 180 g/mol. The number of ketones is 2. The average Bonchev–Trinajstić information content (AvgIpc) is 2.11. The summed E-state index contributed by atoms with van der Waals surface area (Å²) >= 11 is 0. The summed E-state index contributed by atoms with van der Waals surface area (Å²) in [5.74, 6) is -0.630. The van der Waals surface area contributed by atoms with Crippen molar-refractivity contribution < 1.29 is 9.59 Å². The number of carbonyl (C=O) groups excluding carboxylic acids is 2. The van der Waals surface area contributed by atoms with E-state index in [1.54, 1.807) is 19.9 Å². The Morgan fingerprint density at radius 2 is 1.79 bits per heavy atom. The summed E-state index contributed by atoms with van der Waals surface area (Å²) in [5, 5.41) is 8.58. The molecule has 2 atom stereocenters. The molecule has 0 aliphatic heterocycles. The first kappa shape index (κ1) is 12.5. The number of carbonyl (C=O) groups is 2. The van der Waals surface area contributed by atoms with Gasteiger partial charge in [-0.2, -0.15) is 5.26 Å². The largest absolute Gasteiger partial charge is 0.300 e. The predicted octanol–water partition coefficient (Wildman–Crippen LogP) is 1.15. The molecule has 0 radical (unpaired) electrons. The van der Waals surface area contributed by atoms with Crippen LogP contribution in [-0.4, -0.2) is 23.3 Å². The molecule has 0 saturated heterocycles. The number of nitriles is 1. The molecule has 0 aromatic rings. The molecule has 0 bridgehead atoms. The van der Waals surface area contributed by atoms with E-state index in [-0.39, 0.29) is 29.2 Å².